The second kappa shape index (κ2) is 6.80. The Kier molecular flexibility index (Phi) is 4.20. The first-order chi connectivity index (χ1) is 12.3. The van der Waals surface area contributed by atoms with E-state index in [0.717, 1.165) is 18.5 Å². The minimum atomic E-state index is -0.0788. The zero-order valence-electron chi connectivity index (χ0n) is 13.7. The van der Waals surface area contributed by atoms with Crippen molar-refractivity contribution in [1.29, 1.82) is 0 Å². The molecule has 0 bridgehead atoms. The number of carbonyl (C=O) groups excluding carboxylic acids is 1. The number of nitrogens with zero attached hydrogens (tertiary/aromatic N) is 4. The van der Waals surface area contributed by atoms with E-state index in [1.165, 1.54) is 6.26 Å². The molecule has 0 saturated carbocycles. The summed E-state index contributed by atoms with van der Waals surface area (Å²) in [7, 11) is 0. The number of anilines is 1. The largest absolute Gasteiger partial charge is 0.459 e. The minimum absolute atomic E-state index is 0.0788. The van der Waals surface area contributed by atoms with Gasteiger partial charge in [-0.25, -0.2) is 0 Å². The van der Waals surface area contributed by atoms with Gasteiger partial charge in [0.2, 0.25) is 0 Å². The first-order valence-electron chi connectivity index (χ1n) is 8.28. The van der Waals surface area contributed by atoms with Gasteiger partial charge in [0, 0.05) is 31.7 Å². The van der Waals surface area contributed by atoms with E-state index >= 15 is 0 Å². The van der Waals surface area contributed by atoms with Crippen molar-refractivity contribution in [1.82, 2.24) is 15.0 Å². The predicted molar refractivity (Wildman–Crippen MR) is 91.2 cm³/mol. The van der Waals surface area contributed by atoms with E-state index in [0.29, 0.717) is 37.2 Å². The number of aromatic nitrogens is 2. The molecule has 4 rings (SSSR count). The highest BCUT2D eigenvalue weighted by molar-refractivity contribution is 5.91. The lowest BCUT2D eigenvalue weighted by Crippen LogP contribution is -2.35. The van der Waals surface area contributed by atoms with Crippen LogP contribution in [0.2, 0.25) is 0 Å². The number of rotatable bonds is 3. The summed E-state index contributed by atoms with van der Waals surface area (Å²) in [4.78, 5) is 20.8. The van der Waals surface area contributed by atoms with E-state index in [4.69, 9.17) is 8.94 Å². The average Bonchev–Trinajstić information content (AvgIpc) is 3.30. The van der Waals surface area contributed by atoms with Gasteiger partial charge in [-0.3, -0.25) is 4.79 Å². The number of hydrogen-bond acceptors (Lipinski definition) is 6. The Morgan fingerprint density at radius 3 is 2.68 bits per heavy atom. The van der Waals surface area contributed by atoms with Crippen LogP contribution in [0.3, 0.4) is 0 Å². The lowest BCUT2D eigenvalue weighted by Gasteiger charge is -2.20. The molecule has 0 radical (unpaired) electrons. The van der Waals surface area contributed by atoms with Crippen LogP contribution in [-0.4, -0.2) is 47.1 Å². The monoisotopic (exact) mass is 338 g/mol. The van der Waals surface area contributed by atoms with Crippen molar-refractivity contribution in [2.24, 2.45) is 0 Å². The van der Waals surface area contributed by atoms with Gasteiger partial charge in [-0.1, -0.05) is 18.2 Å². The van der Waals surface area contributed by atoms with Crippen LogP contribution in [0, 0.1) is 0 Å². The van der Waals surface area contributed by atoms with Gasteiger partial charge in [0.1, 0.15) is 0 Å². The minimum Gasteiger partial charge on any atom is -0.459 e. The van der Waals surface area contributed by atoms with E-state index in [-0.39, 0.29) is 5.91 Å². The van der Waals surface area contributed by atoms with Crippen molar-refractivity contribution in [3.8, 4) is 11.5 Å². The van der Waals surface area contributed by atoms with Gasteiger partial charge < -0.3 is 18.7 Å². The molecular weight excluding hydrogens is 320 g/mol. The van der Waals surface area contributed by atoms with Crippen LogP contribution in [0.4, 0.5) is 5.95 Å². The maximum atomic E-state index is 12.4. The van der Waals surface area contributed by atoms with Crippen LogP contribution in [0.5, 0.6) is 0 Å². The van der Waals surface area contributed by atoms with Crippen molar-refractivity contribution < 1.29 is 13.7 Å². The summed E-state index contributed by atoms with van der Waals surface area (Å²) in [5.41, 5.74) is 0.894. The van der Waals surface area contributed by atoms with Crippen molar-refractivity contribution in [3.05, 3.63) is 54.5 Å². The number of carbonyl (C=O) groups is 1. The molecular formula is C18H18N4O3. The summed E-state index contributed by atoms with van der Waals surface area (Å²) in [5, 5.41) is 4.10. The first-order valence-corrected chi connectivity index (χ1v) is 8.28. The number of hydrogen-bond donors (Lipinski definition) is 0. The molecule has 1 fully saturated rings. The molecule has 1 amide bonds. The molecule has 0 atom stereocenters. The Morgan fingerprint density at radius 1 is 1.00 bits per heavy atom. The van der Waals surface area contributed by atoms with Crippen LogP contribution in [-0.2, 0) is 0 Å². The fraction of sp³-hybridized carbons (Fsp3) is 0.278. The summed E-state index contributed by atoms with van der Waals surface area (Å²) < 4.78 is 10.6. The molecule has 7 heteroatoms. The molecule has 3 aromatic rings. The van der Waals surface area contributed by atoms with Crippen LogP contribution < -0.4 is 4.90 Å². The Balaban J connectivity index is 1.45. The Morgan fingerprint density at radius 2 is 1.88 bits per heavy atom. The Labute approximate surface area is 144 Å². The SMILES string of the molecule is O=C(c1ccco1)N1CCCN(c2noc(-c3ccccc3)n2)CC1. The molecule has 0 aliphatic carbocycles. The van der Waals surface area contributed by atoms with Gasteiger partial charge in [-0.2, -0.15) is 4.98 Å². The van der Waals surface area contributed by atoms with Gasteiger partial charge >= 0.3 is 0 Å². The highest BCUT2D eigenvalue weighted by Gasteiger charge is 2.24. The Bertz CT molecular complexity index is 829. The summed E-state index contributed by atoms with van der Waals surface area (Å²) in [6.45, 7) is 2.70. The Hall–Kier alpha value is -3.09. The number of amides is 1. The van der Waals surface area contributed by atoms with Crippen LogP contribution >= 0.6 is 0 Å². The molecule has 1 aromatic carbocycles. The molecule has 0 spiro atoms. The van der Waals surface area contributed by atoms with Gasteiger partial charge in [0.25, 0.3) is 17.7 Å². The van der Waals surface area contributed by atoms with Crippen molar-refractivity contribution >= 4 is 11.9 Å². The summed E-state index contributed by atoms with van der Waals surface area (Å²) in [5.74, 6) is 1.36. The highest BCUT2D eigenvalue weighted by Crippen LogP contribution is 2.21. The molecule has 128 valence electrons. The molecule has 1 aliphatic heterocycles. The predicted octanol–water partition coefficient (Wildman–Crippen LogP) is 2.68. The van der Waals surface area contributed by atoms with Crippen LogP contribution in [0.15, 0.2) is 57.7 Å². The summed E-state index contributed by atoms with van der Waals surface area (Å²) in [6, 6.07) is 13.1. The third-order valence-corrected chi connectivity index (χ3v) is 4.23. The standard InChI is InChI=1S/C18H18N4O3/c23-17(15-8-4-13-24-15)21-9-5-10-22(12-11-21)18-19-16(25-20-18)14-6-2-1-3-7-14/h1-4,6-8,13H,5,9-12H2. The fourth-order valence-electron chi connectivity index (χ4n) is 2.92. The van der Waals surface area contributed by atoms with E-state index in [9.17, 15) is 4.79 Å². The molecule has 7 nitrogen and oxygen atoms in total. The molecule has 1 saturated heterocycles. The van der Waals surface area contributed by atoms with E-state index in [1.54, 1.807) is 17.0 Å². The van der Waals surface area contributed by atoms with E-state index < -0.39 is 0 Å². The van der Waals surface area contributed by atoms with E-state index in [1.807, 2.05) is 35.2 Å². The lowest BCUT2D eigenvalue weighted by molar-refractivity contribution is 0.0735. The zero-order valence-corrected chi connectivity index (χ0v) is 13.7. The van der Waals surface area contributed by atoms with Gasteiger partial charge in [0.15, 0.2) is 5.76 Å². The molecule has 25 heavy (non-hydrogen) atoms. The third-order valence-electron chi connectivity index (χ3n) is 4.23. The average molecular weight is 338 g/mol. The van der Waals surface area contributed by atoms with E-state index in [2.05, 4.69) is 10.1 Å². The molecule has 1 aliphatic rings. The smallest absolute Gasteiger partial charge is 0.289 e. The molecule has 0 N–H and O–H groups in total. The lowest BCUT2D eigenvalue weighted by atomic mass is 10.2. The van der Waals surface area contributed by atoms with Gasteiger partial charge in [-0.15, -0.1) is 0 Å². The van der Waals surface area contributed by atoms with Crippen molar-refractivity contribution in [2.75, 3.05) is 31.1 Å². The van der Waals surface area contributed by atoms with Crippen molar-refractivity contribution in [3.63, 3.8) is 0 Å². The molecule has 3 heterocycles. The van der Waals surface area contributed by atoms with Crippen LogP contribution in [0.25, 0.3) is 11.5 Å². The third kappa shape index (κ3) is 3.26. The second-order valence-electron chi connectivity index (χ2n) is 5.88. The second-order valence-corrected chi connectivity index (χ2v) is 5.88. The fourth-order valence-corrected chi connectivity index (χ4v) is 2.92. The van der Waals surface area contributed by atoms with Gasteiger partial charge in [0.05, 0.1) is 6.26 Å². The van der Waals surface area contributed by atoms with Crippen LogP contribution in [0.1, 0.15) is 17.0 Å². The normalized spacial score (nSPS) is 15.2. The quantitative estimate of drug-likeness (QED) is 0.731. The maximum Gasteiger partial charge on any atom is 0.289 e. The molecule has 2 aromatic heterocycles. The van der Waals surface area contributed by atoms with Crippen molar-refractivity contribution in [2.45, 2.75) is 6.42 Å². The maximum absolute atomic E-state index is 12.4. The topological polar surface area (TPSA) is 75.6 Å². The highest BCUT2D eigenvalue weighted by atomic mass is 16.5. The number of furan rings is 1. The number of benzene rings is 1. The molecule has 0 unspecified atom stereocenters. The summed E-state index contributed by atoms with van der Waals surface area (Å²) >= 11 is 0. The first kappa shape index (κ1) is 15.4. The van der Waals surface area contributed by atoms with Gasteiger partial charge in [-0.05, 0) is 35.8 Å². The zero-order chi connectivity index (χ0) is 17.1. The summed E-state index contributed by atoms with van der Waals surface area (Å²) in [6.07, 6.45) is 2.35.